The van der Waals surface area contributed by atoms with Crippen LogP contribution in [-0.4, -0.2) is 46.3 Å². The molecule has 2 aromatic carbocycles. The quantitative estimate of drug-likeness (QED) is 0.388. The number of benzene rings is 2. The molecule has 8 nitrogen and oxygen atoms in total. The molecule has 2 aromatic heterocycles. The number of aromatic nitrogens is 3. The third kappa shape index (κ3) is 4.65. The van der Waals surface area contributed by atoms with Crippen LogP contribution in [0.5, 0.6) is 0 Å². The lowest BCUT2D eigenvalue weighted by Crippen LogP contribution is -2.30. The molecule has 10 heteroatoms. The van der Waals surface area contributed by atoms with Crippen molar-refractivity contribution in [1.82, 2.24) is 18.8 Å². The average molecular weight is 496 g/mol. The number of hydrogen-bond acceptors (Lipinski definition) is 6. The van der Waals surface area contributed by atoms with Crippen LogP contribution in [0.1, 0.15) is 24.2 Å². The average Bonchev–Trinajstić information content (AvgIpc) is 3.46. The summed E-state index contributed by atoms with van der Waals surface area (Å²) in [6, 6.07) is 15.7. The third-order valence-corrected chi connectivity index (χ3v) is 8.37. The molecular weight excluding hydrogens is 470 g/mol. The highest BCUT2D eigenvalue weighted by Gasteiger charge is 2.23. The second kappa shape index (κ2) is 9.88. The summed E-state index contributed by atoms with van der Waals surface area (Å²) in [5.41, 5.74) is 1.86. The summed E-state index contributed by atoms with van der Waals surface area (Å²) < 4.78 is 29.0. The number of thiazole rings is 1. The normalized spacial score (nSPS) is 11.6. The number of carbonyl (C=O) groups excluding carboxylic acids is 1. The summed E-state index contributed by atoms with van der Waals surface area (Å²) >= 11 is 1.32. The first-order chi connectivity index (χ1) is 16.3. The van der Waals surface area contributed by atoms with Crippen LogP contribution in [0.15, 0.2) is 71.9 Å². The fourth-order valence-corrected chi connectivity index (χ4v) is 6.11. The van der Waals surface area contributed by atoms with Gasteiger partial charge in [0.25, 0.3) is 5.91 Å². The van der Waals surface area contributed by atoms with Crippen molar-refractivity contribution in [1.29, 1.82) is 0 Å². The highest BCUT2D eigenvalue weighted by Crippen LogP contribution is 2.38. The van der Waals surface area contributed by atoms with E-state index in [1.165, 1.54) is 27.8 Å². The first-order valence-corrected chi connectivity index (χ1v) is 13.1. The molecule has 0 aliphatic carbocycles. The number of amides is 1. The molecule has 0 unspecified atom stereocenters. The van der Waals surface area contributed by atoms with E-state index in [9.17, 15) is 13.2 Å². The monoisotopic (exact) mass is 495 g/mol. The van der Waals surface area contributed by atoms with Crippen molar-refractivity contribution in [3.8, 4) is 22.0 Å². The molecule has 176 valence electrons. The van der Waals surface area contributed by atoms with Crippen LogP contribution in [0.25, 0.3) is 22.0 Å². The van der Waals surface area contributed by atoms with E-state index in [1.807, 2.05) is 48.1 Å². The van der Waals surface area contributed by atoms with Crippen molar-refractivity contribution < 1.29 is 13.2 Å². The van der Waals surface area contributed by atoms with Crippen LogP contribution >= 0.6 is 11.3 Å². The van der Waals surface area contributed by atoms with Gasteiger partial charge in [-0.25, -0.2) is 18.4 Å². The van der Waals surface area contributed by atoms with E-state index < -0.39 is 15.9 Å². The molecule has 0 aliphatic heterocycles. The first-order valence-electron chi connectivity index (χ1n) is 10.8. The Balaban J connectivity index is 1.67. The van der Waals surface area contributed by atoms with Gasteiger partial charge in [-0.3, -0.25) is 10.1 Å². The summed E-state index contributed by atoms with van der Waals surface area (Å²) in [4.78, 5) is 23.1. The van der Waals surface area contributed by atoms with Crippen LogP contribution < -0.4 is 5.32 Å². The number of hydrogen-bond donors (Lipinski definition) is 1. The number of imidazole rings is 1. The van der Waals surface area contributed by atoms with Gasteiger partial charge in [-0.2, -0.15) is 4.31 Å². The first kappa shape index (κ1) is 23.8. The fourth-order valence-electron chi connectivity index (χ4n) is 3.58. The molecule has 0 radical (unpaired) electrons. The molecule has 2 heterocycles. The molecule has 0 bridgehead atoms. The van der Waals surface area contributed by atoms with E-state index >= 15 is 0 Å². The van der Waals surface area contributed by atoms with Crippen molar-refractivity contribution in [2.24, 2.45) is 7.05 Å². The lowest BCUT2D eigenvalue weighted by molar-refractivity contribution is 0.102. The lowest BCUT2D eigenvalue weighted by atomic mass is 10.1. The molecular formula is C24H25N5O3S2. The second-order valence-electron chi connectivity index (χ2n) is 7.50. The zero-order chi connectivity index (χ0) is 24.3. The standard InChI is InChI=1S/C24H25N5O3S2/c1-4-29(5-2)34(31,32)19-13-9-12-18(16-19)23(30)27-24-26-20(17-10-7-6-8-11-17)21(33-24)22-25-14-15-28(22)3/h6-16H,4-5H2,1-3H3,(H,26,27,30). The Kier molecular flexibility index (Phi) is 6.92. The molecule has 34 heavy (non-hydrogen) atoms. The lowest BCUT2D eigenvalue weighted by Gasteiger charge is -2.18. The van der Waals surface area contributed by atoms with Gasteiger partial charge in [0.2, 0.25) is 10.0 Å². The summed E-state index contributed by atoms with van der Waals surface area (Å²) in [7, 11) is -1.77. The molecule has 4 rings (SSSR count). The molecule has 1 N–H and O–H groups in total. The minimum Gasteiger partial charge on any atom is -0.333 e. The predicted molar refractivity (Wildman–Crippen MR) is 134 cm³/mol. The molecule has 1 amide bonds. The Labute approximate surface area is 203 Å². The maximum absolute atomic E-state index is 13.0. The van der Waals surface area contributed by atoms with E-state index in [2.05, 4.69) is 15.3 Å². The Morgan fingerprint density at radius 3 is 2.47 bits per heavy atom. The molecule has 0 saturated heterocycles. The number of sulfonamides is 1. The topological polar surface area (TPSA) is 97.2 Å². The fraction of sp³-hybridized carbons (Fsp3) is 0.208. The Hall–Kier alpha value is -3.34. The van der Waals surface area contributed by atoms with E-state index in [0.29, 0.717) is 23.9 Å². The van der Waals surface area contributed by atoms with Gasteiger partial charge < -0.3 is 4.57 Å². The predicted octanol–water partition coefficient (Wildman–Crippen LogP) is 4.49. The van der Waals surface area contributed by atoms with Gasteiger partial charge in [0, 0.05) is 43.7 Å². The second-order valence-corrected chi connectivity index (χ2v) is 10.4. The van der Waals surface area contributed by atoms with Crippen molar-refractivity contribution in [2.75, 3.05) is 18.4 Å². The Morgan fingerprint density at radius 1 is 1.09 bits per heavy atom. The largest absolute Gasteiger partial charge is 0.333 e. The number of anilines is 1. The van der Waals surface area contributed by atoms with E-state index in [4.69, 9.17) is 0 Å². The minimum absolute atomic E-state index is 0.0849. The number of rotatable bonds is 8. The van der Waals surface area contributed by atoms with Crippen molar-refractivity contribution >= 4 is 32.4 Å². The van der Waals surface area contributed by atoms with Gasteiger partial charge in [0.05, 0.1) is 15.5 Å². The highest BCUT2D eigenvalue weighted by molar-refractivity contribution is 7.89. The molecule has 0 fully saturated rings. The van der Waals surface area contributed by atoms with E-state index in [1.54, 1.807) is 32.2 Å². The maximum Gasteiger partial charge on any atom is 0.257 e. The van der Waals surface area contributed by atoms with Gasteiger partial charge in [0.1, 0.15) is 0 Å². The molecule has 0 atom stereocenters. The number of carbonyl (C=O) groups is 1. The SMILES string of the molecule is CCN(CC)S(=O)(=O)c1cccc(C(=O)Nc2nc(-c3ccccc3)c(-c3nccn3C)s2)c1. The van der Waals surface area contributed by atoms with Gasteiger partial charge in [-0.15, -0.1) is 0 Å². The Morgan fingerprint density at radius 2 is 1.82 bits per heavy atom. The van der Waals surface area contributed by atoms with E-state index in [-0.39, 0.29) is 10.5 Å². The van der Waals surface area contributed by atoms with E-state index in [0.717, 1.165) is 16.3 Å². The van der Waals surface area contributed by atoms with Crippen LogP contribution in [0.3, 0.4) is 0 Å². The summed E-state index contributed by atoms with van der Waals surface area (Å²) in [5.74, 6) is 0.306. The van der Waals surface area contributed by atoms with Crippen molar-refractivity contribution in [3.05, 3.63) is 72.6 Å². The zero-order valence-corrected chi connectivity index (χ0v) is 20.7. The van der Waals surface area contributed by atoms with Gasteiger partial charge in [-0.05, 0) is 18.2 Å². The smallest absolute Gasteiger partial charge is 0.257 e. The minimum atomic E-state index is -3.67. The van der Waals surface area contributed by atoms with Crippen molar-refractivity contribution in [2.45, 2.75) is 18.7 Å². The molecule has 0 aliphatic rings. The van der Waals surface area contributed by atoms with Crippen LogP contribution in [0, 0.1) is 0 Å². The van der Waals surface area contributed by atoms with Gasteiger partial charge in [-0.1, -0.05) is 61.6 Å². The summed E-state index contributed by atoms with van der Waals surface area (Å²) in [6.07, 6.45) is 3.56. The van der Waals surface area contributed by atoms with Crippen LogP contribution in [-0.2, 0) is 17.1 Å². The number of nitrogens with zero attached hydrogens (tertiary/aromatic N) is 4. The van der Waals surface area contributed by atoms with Crippen LogP contribution in [0.2, 0.25) is 0 Å². The zero-order valence-electron chi connectivity index (χ0n) is 19.1. The number of aryl methyl sites for hydroxylation is 1. The molecule has 0 saturated carbocycles. The van der Waals surface area contributed by atoms with Gasteiger partial charge >= 0.3 is 0 Å². The van der Waals surface area contributed by atoms with Gasteiger partial charge in [0.15, 0.2) is 11.0 Å². The highest BCUT2D eigenvalue weighted by atomic mass is 32.2. The molecule has 0 spiro atoms. The summed E-state index contributed by atoms with van der Waals surface area (Å²) in [6.45, 7) is 4.27. The Bertz CT molecular complexity index is 1410. The maximum atomic E-state index is 13.0. The van der Waals surface area contributed by atoms with Crippen LogP contribution in [0.4, 0.5) is 5.13 Å². The van der Waals surface area contributed by atoms with Crippen molar-refractivity contribution in [3.63, 3.8) is 0 Å². The molecule has 4 aromatic rings. The third-order valence-electron chi connectivity index (χ3n) is 5.36. The summed E-state index contributed by atoms with van der Waals surface area (Å²) in [5, 5.41) is 3.23. The number of nitrogens with one attached hydrogen (secondary N) is 1.